The minimum absolute atomic E-state index is 0.0392. The Hall–Kier alpha value is -3.10. The Morgan fingerprint density at radius 2 is 1.67 bits per heavy atom. The Bertz CT molecular complexity index is 1330. The summed E-state index contributed by atoms with van der Waals surface area (Å²) in [5.74, 6) is 0.0392. The van der Waals surface area contributed by atoms with Crippen molar-refractivity contribution in [1.82, 2.24) is 9.55 Å². The third kappa shape index (κ3) is 4.05. The Labute approximate surface area is 198 Å². The summed E-state index contributed by atoms with van der Waals surface area (Å²) in [6.45, 7) is 2.03. The molecule has 4 aromatic rings. The third-order valence-corrected chi connectivity index (χ3v) is 7.94. The first-order chi connectivity index (χ1) is 16.2. The number of fused-ring (bicyclic) bond motifs is 4. The first kappa shape index (κ1) is 21.7. The molecule has 0 N–H and O–H groups in total. The molecule has 1 atom stereocenters. The van der Waals surface area contributed by atoms with Gasteiger partial charge in [-0.2, -0.15) is 5.26 Å². The highest BCUT2D eigenvalue weighted by Crippen LogP contribution is 2.34. The second-order valence-corrected chi connectivity index (χ2v) is 9.89. The van der Waals surface area contributed by atoms with Gasteiger partial charge in [0.25, 0.3) is 0 Å². The molecule has 0 bridgehead atoms. The van der Waals surface area contributed by atoms with Crippen LogP contribution in [0.1, 0.15) is 60.6 Å². The van der Waals surface area contributed by atoms with Crippen molar-refractivity contribution >= 4 is 39.5 Å². The normalized spacial score (nSPS) is 14.9. The first-order valence-corrected chi connectivity index (χ1v) is 12.7. The molecule has 5 rings (SSSR count). The summed E-state index contributed by atoms with van der Waals surface area (Å²) in [5, 5.41) is 12.4. The van der Waals surface area contributed by atoms with Gasteiger partial charge in [0, 0.05) is 16.5 Å². The predicted octanol–water partition coefficient (Wildman–Crippen LogP) is 6.93. The zero-order valence-corrected chi connectivity index (χ0v) is 19.7. The van der Waals surface area contributed by atoms with Gasteiger partial charge in [-0.05, 0) is 55.9 Å². The van der Waals surface area contributed by atoms with E-state index in [9.17, 15) is 10.1 Å². The zero-order chi connectivity index (χ0) is 22.8. The molecule has 4 nitrogen and oxygen atoms in total. The second-order valence-electron chi connectivity index (χ2n) is 8.70. The Morgan fingerprint density at radius 3 is 2.30 bits per heavy atom. The molecule has 0 aliphatic heterocycles. The molecular formula is C28H27N3OS. The lowest BCUT2D eigenvalue weighted by Gasteiger charge is -2.18. The average molecular weight is 454 g/mol. The zero-order valence-electron chi connectivity index (χ0n) is 18.9. The summed E-state index contributed by atoms with van der Waals surface area (Å²) in [6, 6.07) is 20.5. The molecule has 2 aromatic carbocycles. The number of aromatic nitrogens is 2. The van der Waals surface area contributed by atoms with E-state index in [4.69, 9.17) is 4.98 Å². The van der Waals surface area contributed by atoms with E-state index in [1.807, 2.05) is 54.0 Å². The van der Waals surface area contributed by atoms with E-state index >= 15 is 0 Å². The first-order valence-electron chi connectivity index (χ1n) is 11.8. The van der Waals surface area contributed by atoms with Crippen LogP contribution >= 0.6 is 11.8 Å². The van der Waals surface area contributed by atoms with E-state index in [-0.39, 0.29) is 11.2 Å². The lowest BCUT2D eigenvalue weighted by molar-refractivity contribution is 0.0919. The van der Waals surface area contributed by atoms with E-state index in [0.29, 0.717) is 17.0 Å². The number of aryl methyl sites for hydroxylation is 2. The molecule has 1 aliphatic carbocycles. The van der Waals surface area contributed by atoms with Crippen molar-refractivity contribution in [3.63, 3.8) is 0 Å². The molecule has 2 aromatic heterocycles. The highest BCUT2D eigenvalue weighted by atomic mass is 32.2. The van der Waals surface area contributed by atoms with Crippen LogP contribution in [0.15, 0.2) is 59.6 Å². The molecule has 166 valence electrons. The molecule has 0 spiro atoms. The lowest BCUT2D eigenvalue weighted by Crippen LogP contribution is -2.24. The van der Waals surface area contributed by atoms with Crippen molar-refractivity contribution in [3.8, 4) is 6.07 Å². The predicted molar refractivity (Wildman–Crippen MR) is 135 cm³/mol. The molecule has 0 saturated carbocycles. The molecule has 0 fully saturated rings. The monoisotopic (exact) mass is 453 g/mol. The molecule has 2 heterocycles. The van der Waals surface area contributed by atoms with Gasteiger partial charge in [0.1, 0.15) is 11.1 Å². The van der Waals surface area contributed by atoms with Crippen LogP contribution in [0.5, 0.6) is 0 Å². The highest BCUT2D eigenvalue weighted by Gasteiger charge is 2.26. The lowest BCUT2D eigenvalue weighted by atomic mass is 9.96. The maximum absolute atomic E-state index is 13.9. The van der Waals surface area contributed by atoms with E-state index in [2.05, 4.69) is 18.2 Å². The molecule has 0 amide bonds. The minimum Gasteiger partial charge on any atom is -0.279 e. The summed E-state index contributed by atoms with van der Waals surface area (Å²) in [5.41, 5.74) is 4.75. The number of carbonyl (C=O) groups is 1. The summed E-state index contributed by atoms with van der Waals surface area (Å²) in [6.07, 6.45) is 7.35. The molecule has 0 saturated heterocycles. The SMILES string of the molecule is CCC(Sc1nc2c(cc1C#N)CCCCCC2)C(=O)n1c2ccccc2c2ccccc21. The van der Waals surface area contributed by atoms with Crippen molar-refractivity contribution in [3.05, 3.63) is 71.4 Å². The number of hydrogen-bond acceptors (Lipinski definition) is 4. The van der Waals surface area contributed by atoms with Crippen molar-refractivity contribution in [2.75, 3.05) is 0 Å². The van der Waals surface area contributed by atoms with Crippen LogP contribution in [0, 0.1) is 11.3 Å². The van der Waals surface area contributed by atoms with Crippen molar-refractivity contribution < 1.29 is 4.79 Å². The van der Waals surface area contributed by atoms with Crippen LogP contribution in [-0.2, 0) is 12.8 Å². The Kier molecular flexibility index (Phi) is 6.20. The van der Waals surface area contributed by atoms with Gasteiger partial charge in [0.2, 0.25) is 5.91 Å². The van der Waals surface area contributed by atoms with Gasteiger partial charge >= 0.3 is 0 Å². The molecular weight excluding hydrogens is 426 g/mol. The molecule has 0 radical (unpaired) electrons. The topological polar surface area (TPSA) is 58.7 Å². The minimum atomic E-state index is -0.324. The van der Waals surface area contributed by atoms with Gasteiger partial charge in [-0.15, -0.1) is 0 Å². The van der Waals surface area contributed by atoms with Crippen molar-refractivity contribution in [2.24, 2.45) is 0 Å². The van der Waals surface area contributed by atoms with E-state index in [0.717, 1.165) is 53.2 Å². The molecule has 5 heteroatoms. The number of nitrogens with zero attached hydrogens (tertiary/aromatic N) is 3. The summed E-state index contributed by atoms with van der Waals surface area (Å²) < 4.78 is 1.85. The maximum Gasteiger partial charge on any atom is 0.245 e. The second kappa shape index (κ2) is 9.41. The van der Waals surface area contributed by atoms with E-state index in [1.54, 1.807) is 0 Å². The smallest absolute Gasteiger partial charge is 0.245 e. The molecule has 1 aliphatic rings. The van der Waals surface area contributed by atoms with Crippen LogP contribution in [0.4, 0.5) is 0 Å². The van der Waals surface area contributed by atoms with Gasteiger partial charge in [0.05, 0.1) is 21.8 Å². The van der Waals surface area contributed by atoms with Crippen molar-refractivity contribution in [2.45, 2.75) is 62.1 Å². The van der Waals surface area contributed by atoms with Crippen molar-refractivity contribution in [1.29, 1.82) is 5.26 Å². The van der Waals surface area contributed by atoms with Gasteiger partial charge in [-0.1, -0.05) is 67.9 Å². The maximum atomic E-state index is 13.9. The fraction of sp³-hybridized carbons (Fsp3) is 0.321. The standard InChI is InChI=1S/C28H27N3OS/c1-2-26(33-27-20(18-29)17-19-11-5-3-4-6-14-23(19)30-27)28(32)31-24-15-9-7-12-21(24)22-13-8-10-16-25(22)31/h7-10,12-13,15-17,26H,2-6,11,14H2,1H3. The van der Waals surface area contributed by atoms with Crippen LogP contribution in [0.2, 0.25) is 0 Å². The third-order valence-electron chi connectivity index (χ3n) is 6.59. The van der Waals surface area contributed by atoms with Gasteiger partial charge in [-0.25, -0.2) is 4.98 Å². The quantitative estimate of drug-likeness (QED) is 0.314. The molecule has 1 unspecified atom stereocenters. The number of benzene rings is 2. The summed E-state index contributed by atoms with van der Waals surface area (Å²) in [4.78, 5) is 18.8. The highest BCUT2D eigenvalue weighted by molar-refractivity contribution is 8.00. The van der Waals surface area contributed by atoms with Crippen LogP contribution in [-0.4, -0.2) is 20.7 Å². The number of pyridine rings is 1. The number of nitriles is 1. The van der Waals surface area contributed by atoms with E-state index in [1.165, 1.54) is 30.2 Å². The number of thioether (sulfide) groups is 1. The van der Waals surface area contributed by atoms with Crippen LogP contribution in [0.25, 0.3) is 21.8 Å². The average Bonchev–Trinajstić information content (AvgIpc) is 3.17. The summed E-state index contributed by atoms with van der Waals surface area (Å²) in [7, 11) is 0. The molecule has 33 heavy (non-hydrogen) atoms. The van der Waals surface area contributed by atoms with Crippen LogP contribution < -0.4 is 0 Å². The largest absolute Gasteiger partial charge is 0.279 e. The number of rotatable bonds is 4. The number of carbonyl (C=O) groups excluding carboxylic acids is 1. The van der Waals surface area contributed by atoms with Gasteiger partial charge < -0.3 is 0 Å². The fourth-order valence-corrected chi connectivity index (χ4v) is 5.92. The Balaban J connectivity index is 1.55. The van der Waals surface area contributed by atoms with E-state index < -0.39 is 0 Å². The van der Waals surface area contributed by atoms with Gasteiger partial charge in [-0.3, -0.25) is 9.36 Å². The summed E-state index contributed by atoms with van der Waals surface area (Å²) >= 11 is 1.44. The number of hydrogen-bond donors (Lipinski definition) is 0. The Morgan fingerprint density at radius 1 is 1.03 bits per heavy atom. The fourth-order valence-electron chi connectivity index (χ4n) is 4.89. The van der Waals surface area contributed by atoms with Gasteiger partial charge in [0.15, 0.2) is 0 Å². The number of para-hydroxylation sites is 2. The van der Waals surface area contributed by atoms with Crippen LogP contribution in [0.3, 0.4) is 0 Å².